The molecular weight excluding hydrogens is 288 g/mol. The van der Waals surface area contributed by atoms with Gasteiger partial charge in [0.15, 0.2) is 5.75 Å². The molecule has 1 aromatic carbocycles. The molecule has 0 amide bonds. The van der Waals surface area contributed by atoms with Gasteiger partial charge in [0, 0.05) is 22.1 Å². The number of hydrogen-bond acceptors (Lipinski definition) is 4. The number of benzene rings is 1. The first-order valence-electron chi connectivity index (χ1n) is 5.07. The van der Waals surface area contributed by atoms with E-state index in [4.69, 9.17) is 5.73 Å². The summed E-state index contributed by atoms with van der Waals surface area (Å²) >= 11 is 3.18. The van der Waals surface area contributed by atoms with Crippen LogP contribution >= 0.6 is 15.9 Å². The van der Waals surface area contributed by atoms with Gasteiger partial charge in [-0.15, -0.1) is 0 Å². The molecule has 0 fully saturated rings. The Morgan fingerprint density at radius 3 is 2.41 bits per heavy atom. The number of nitro benzene ring substituents is 1. The summed E-state index contributed by atoms with van der Waals surface area (Å²) < 4.78 is 0.525. The van der Waals surface area contributed by atoms with E-state index in [1.807, 2.05) is 20.8 Å². The highest BCUT2D eigenvalue weighted by Gasteiger charge is 2.29. The first-order valence-corrected chi connectivity index (χ1v) is 5.86. The number of nitrogens with two attached hydrogens (primary N) is 1. The van der Waals surface area contributed by atoms with Crippen LogP contribution in [0.3, 0.4) is 0 Å². The Morgan fingerprint density at radius 1 is 1.47 bits per heavy atom. The first-order chi connectivity index (χ1) is 7.64. The number of phenols is 1. The van der Waals surface area contributed by atoms with E-state index in [1.54, 1.807) is 6.07 Å². The van der Waals surface area contributed by atoms with E-state index in [2.05, 4.69) is 15.9 Å². The van der Waals surface area contributed by atoms with E-state index in [0.717, 1.165) is 0 Å². The maximum absolute atomic E-state index is 10.8. The van der Waals surface area contributed by atoms with Crippen molar-refractivity contribution in [1.82, 2.24) is 0 Å². The molecule has 17 heavy (non-hydrogen) atoms. The average Bonchev–Trinajstić information content (AvgIpc) is 2.18. The largest absolute Gasteiger partial charge is 0.502 e. The van der Waals surface area contributed by atoms with Crippen LogP contribution in [0, 0.1) is 15.5 Å². The molecule has 0 unspecified atom stereocenters. The zero-order chi connectivity index (χ0) is 13.4. The van der Waals surface area contributed by atoms with Gasteiger partial charge in [0.2, 0.25) is 0 Å². The lowest BCUT2D eigenvalue weighted by atomic mass is 9.82. The number of aromatic hydroxyl groups is 1. The Balaban J connectivity index is 3.40. The van der Waals surface area contributed by atoms with E-state index >= 15 is 0 Å². The van der Waals surface area contributed by atoms with Crippen molar-refractivity contribution in [2.24, 2.45) is 11.1 Å². The van der Waals surface area contributed by atoms with Crippen molar-refractivity contribution in [3.05, 3.63) is 32.3 Å². The number of halogens is 1. The lowest BCUT2D eigenvalue weighted by molar-refractivity contribution is -0.386. The predicted molar refractivity (Wildman–Crippen MR) is 68.8 cm³/mol. The summed E-state index contributed by atoms with van der Waals surface area (Å²) in [5, 5.41) is 20.7. The number of rotatable bonds is 2. The lowest BCUT2D eigenvalue weighted by Gasteiger charge is -2.27. The second-order valence-electron chi connectivity index (χ2n) is 4.96. The second-order valence-corrected chi connectivity index (χ2v) is 5.88. The third-order valence-corrected chi connectivity index (χ3v) is 3.01. The molecular formula is C11H15BrN2O3. The summed E-state index contributed by atoms with van der Waals surface area (Å²) in [6.45, 7) is 5.72. The fourth-order valence-electron chi connectivity index (χ4n) is 1.45. The van der Waals surface area contributed by atoms with Gasteiger partial charge >= 0.3 is 5.69 Å². The monoisotopic (exact) mass is 302 g/mol. The fraction of sp³-hybridized carbons (Fsp3) is 0.455. The molecule has 0 aliphatic heterocycles. The van der Waals surface area contributed by atoms with Gasteiger partial charge in [0.1, 0.15) is 0 Å². The molecule has 0 spiro atoms. The predicted octanol–water partition coefficient (Wildman–Crippen LogP) is 3.11. The fourth-order valence-corrected chi connectivity index (χ4v) is 1.91. The number of phenolic OH excluding ortho intramolecular Hbond substituents is 1. The SMILES string of the molecule is CC(C)(C)[C@H](N)c1cc(Br)cc([N+](=O)[O-])c1O. The smallest absolute Gasteiger partial charge is 0.312 e. The molecule has 5 nitrogen and oxygen atoms in total. The van der Waals surface area contributed by atoms with Crippen LogP contribution in [-0.2, 0) is 0 Å². The van der Waals surface area contributed by atoms with E-state index in [9.17, 15) is 15.2 Å². The summed E-state index contributed by atoms with van der Waals surface area (Å²) in [5.74, 6) is -0.361. The highest BCUT2D eigenvalue weighted by molar-refractivity contribution is 9.10. The highest BCUT2D eigenvalue weighted by atomic mass is 79.9. The molecule has 0 aliphatic carbocycles. The third-order valence-electron chi connectivity index (χ3n) is 2.55. The third kappa shape index (κ3) is 2.95. The van der Waals surface area contributed by atoms with Gasteiger partial charge in [0.05, 0.1) is 4.92 Å². The van der Waals surface area contributed by atoms with Crippen molar-refractivity contribution in [1.29, 1.82) is 0 Å². The maximum atomic E-state index is 10.8. The summed E-state index contributed by atoms with van der Waals surface area (Å²) in [5.41, 5.74) is 5.74. The summed E-state index contributed by atoms with van der Waals surface area (Å²) in [4.78, 5) is 10.2. The van der Waals surface area contributed by atoms with Gasteiger partial charge in [-0.05, 0) is 11.5 Å². The highest BCUT2D eigenvalue weighted by Crippen LogP contribution is 2.41. The van der Waals surface area contributed by atoms with Crippen LogP contribution in [0.15, 0.2) is 16.6 Å². The van der Waals surface area contributed by atoms with Gasteiger partial charge in [-0.1, -0.05) is 36.7 Å². The summed E-state index contributed by atoms with van der Waals surface area (Å²) in [6.07, 6.45) is 0. The van der Waals surface area contributed by atoms with Crippen LogP contribution in [0.2, 0.25) is 0 Å². The van der Waals surface area contributed by atoms with Crippen LogP contribution in [0.4, 0.5) is 5.69 Å². The Hall–Kier alpha value is -1.14. The molecule has 3 N–H and O–H groups in total. The standard InChI is InChI=1S/C11H15BrN2O3/c1-11(2,3)10(13)7-4-6(12)5-8(9(7)15)14(16)17/h4-5,10,15H,13H2,1-3H3/t10-/m1/s1. The minimum Gasteiger partial charge on any atom is -0.502 e. The van der Waals surface area contributed by atoms with Crippen LogP contribution < -0.4 is 5.73 Å². The molecule has 6 heteroatoms. The van der Waals surface area contributed by atoms with Crippen LogP contribution in [0.25, 0.3) is 0 Å². The van der Waals surface area contributed by atoms with E-state index in [0.29, 0.717) is 10.0 Å². The van der Waals surface area contributed by atoms with Crippen molar-refractivity contribution in [2.75, 3.05) is 0 Å². The lowest BCUT2D eigenvalue weighted by Crippen LogP contribution is -2.26. The Morgan fingerprint density at radius 2 is 2.00 bits per heavy atom. The summed E-state index contributed by atoms with van der Waals surface area (Å²) in [7, 11) is 0. The number of hydrogen-bond donors (Lipinski definition) is 2. The van der Waals surface area contributed by atoms with Gasteiger partial charge in [-0.3, -0.25) is 10.1 Å². The second kappa shape index (κ2) is 4.62. The van der Waals surface area contributed by atoms with Crippen molar-refractivity contribution >= 4 is 21.6 Å². The molecule has 1 atom stereocenters. The molecule has 0 radical (unpaired) electrons. The maximum Gasteiger partial charge on any atom is 0.312 e. The Labute approximate surface area is 108 Å². The Kier molecular flexibility index (Phi) is 3.78. The average molecular weight is 303 g/mol. The van der Waals surface area contributed by atoms with Crippen molar-refractivity contribution in [3.63, 3.8) is 0 Å². The molecule has 0 aromatic heterocycles. The minimum atomic E-state index is -0.626. The van der Waals surface area contributed by atoms with Crippen molar-refractivity contribution in [3.8, 4) is 5.75 Å². The molecule has 0 bridgehead atoms. The molecule has 0 saturated heterocycles. The van der Waals surface area contributed by atoms with E-state index < -0.39 is 11.0 Å². The number of nitrogens with zero attached hydrogens (tertiary/aromatic N) is 1. The molecule has 0 aliphatic rings. The van der Waals surface area contributed by atoms with Gasteiger partial charge in [0.25, 0.3) is 0 Å². The number of nitro groups is 1. The topological polar surface area (TPSA) is 89.4 Å². The van der Waals surface area contributed by atoms with Crippen LogP contribution in [0.1, 0.15) is 32.4 Å². The normalized spacial score (nSPS) is 13.5. The van der Waals surface area contributed by atoms with Gasteiger partial charge in [-0.25, -0.2) is 0 Å². The quantitative estimate of drug-likeness (QED) is 0.649. The van der Waals surface area contributed by atoms with Gasteiger partial charge < -0.3 is 10.8 Å². The molecule has 1 aromatic rings. The van der Waals surface area contributed by atoms with Gasteiger partial charge in [-0.2, -0.15) is 0 Å². The molecule has 0 heterocycles. The first kappa shape index (κ1) is 13.9. The zero-order valence-corrected chi connectivity index (χ0v) is 11.5. The van der Waals surface area contributed by atoms with Crippen molar-refractivity contribution in [2.45, 2.75) is 26.8 Å². The zero-order valence-electron chi connectivity index (χ0n) is 9.90. The van der Waals surface area contributed by atoms with Crippen LogP contribution in [-0.4, -0.2) is 10.0 Å². The van der Waals surface area contributed by atoms with E-state index in [1.165, 1.54) is 6.07 Å². The summed E-state index contributed by atoms with van der Waals surface area (Å²) in [6, 6.07) is 2.38. The Bertz CT molecular complexity index is 455. The van der Waals surface area contributed by atoms with Crippen LogP contribution in [0.5, 0.6) is 5.75 Å². The van der Waals surface area contributed by atoms with Crippen molar-refractivity contribution < 1.29 is 10.0 Å². The molecule has 0 saturated carbocycles. The minimum absolute atomic E-state index is 0.299. The molecule has 94 valence electrons. The molecule has 1 rings (SSSR count). The van der Waals surface area contributed by atoms with E-state index in [-0.39, 0.29) is 16.9 Å².